The van der Waals surface area contributed by atoms with Crippen molar-refractivity contribution in [3.63, 3.8) is 0 Å². The number of aliphatic hydroxyl groups excluding tert-OH is 1. The molecule has 1 unspecified atom stereocenters. The minimum Gasteiger partial charge on any atom is -0.389 e. The van der Waals surface area contributed by atoms with Crippen LogP contribution in [0.1, 0.15) is 12.8 Å². The molecule has 0 amide bonds. The molecule has 3 N–H and O–H groups in total. The summed E-state index contributed by atoms with van der Waals surface area (Å²) in [5.41, 5.74) is 0. The Kier molecular flexibility index (Phi) is 6.35. The summed E-state index contributed by atoms with van der Waals surface area (Å²) in [6, 6.07) is 0. The Morgan fingerprint density at radius 3 is 2.71 bits per heavy atom. The lowest BCUT2D eigenvalue weighted by Gasteiger charge is -2.12. The van der Waals surface area contributed by atoms with Crippen LogP contribution in [-0.4, -0.2) is 58.7 Å². The highest BCUT2D eigenvalue weighted by molar-refractivity contribution is 7.88. The summed E-state index contributed by atoms with van der Waals surface area (Å²) in [6.45, 7) is 2.31. The lowest BCUT2D eigenvalue weighted by Crippen LogP contribution is -2.36. The minimum atomic E-state index is -3.12. The molecule has 6 nitrogen and oxygen atoms in total. The Labute approximate surface area is 103 Å². The van der Waals surface area contributed by atoms with E-state index >= 15 is 0 Å². The zero-order valence-corrected chi connectivity index (χ0v) is 11.0. The van der Waals surface area contributed by atoms with E-state index in [1.165, 1.54) is 12.8 Å². The molecule has 102 valence electrons. The maximum atomic E-state index is 10.7. The first-order valence-corrected chi connectivity index (χ1v) is 7.77. The molecule has 1 aliphatic carbocycles. The van der Waals surface area contributed by atoms with Gasteiger partial charge in [-0.25, -0.2) is 13.1 Å². The molecule has 0 aliphatic heterocycles. The lowest BCUT2D eigenvalue weighted by atomic mass is 10.3. The van der Waals surface area contributed by atoms with Gasteiger partial charge in [-0.1, -0.05) is 0 Å². The standard InChI is InChI=1S/C10H22N2O4S/c1-17(14,15)12-5-4-11-6-10(13)8-16-7-9-2-3-9/h9-13H,2-8H2,1H3. The fourth-order valence-corrected chi connectivity index (χ4v) is 1.78. The van der Waals surface area contributed by atoms with Gasteiger partial charge in [0.2, 0.25) is 10.0 Å². The van der Waals surface area contributed by atoms with Gasteiger partial charge in [-0.15, -0.1) is 0 Å². The van der Waals surface area contributed by atoms with E-state index in [1.54, 1.807) is 0 Å². The molecule has 0 bridgehead atoms. The van der Waals surface area contributed by atoms with Gasteiger partial charge < -0.3 is 15.2 Å². The molecule has 0 aromatic rings. The summed E-state index contributed by atoms with van der Waals surface area (Å²) in [7, 11) is -3.12. The molecular weight excluding hydrogens is 244 g/mol. The lowest BCUT2D eigenvalue weighted by molar-refractivity contribution is 0.0327. The molecule has 0 radical (unpaired) electrons. The first kappa shape index (κ1) is 14.8. The van der Waals surface area contributed by atoms with Crippen LogP contribution in [0.25, 0.3) is 0 Å². The summed E-state index contributed by atoms with van der Waals surface area (Å²) in [6.07, 6.45) is 3.07. The van der Waals surface area contributed by atoms with Gasteiger partial charge in [0.1, 0.15) is 0 Å². The van der Waals surface area contributed by atoms with E-state index in [2.05, 4.69) is 10.0 Å². The van der Waals surface area contributed by atoms with E-state index in [4.69, 9.17) is 4.74 Å². The molecular formula is C10H22N2O4S. The second kappa shape index (κ2) is 7.27. The van der Waals surface area contributed by atoms with E-state index in [0.717, 1.165) is 12.9 Å². The largest absolute Gasteiger partial charge is 0.389 e. The monoisotopic (exact) mass is 266 g/mol. The second-order valence-corrected chi connectivity index (χ2v) is 6.34. The summed E-state index contributed by atoms with van der Waals surface area (Å²) in [5.74, 6) is 0.703. The highest BCUT2D eigenvalue weighted by atomic mass is 32.2. The Balaban J connectivity index is 1.87. The van der Waals surface area contributed by atoms with E-state index in [1.807, 2.05) is 0 Å². The molecule has 1 saturated carbocycles. The van der Waals surface area contributed by atoms with Crippen LogP contribution in [0.2, 0.25) is 0 Å². The molecule has 1 rings (SSSR count). The molecule has 0 saturated heterocycles. The van der Waals surface area contributed by atoms with Crippen LogP contribution in [0.15, 0.2) is 0 Å². The van der Waals surface area contributed by atoms with Crippen LogP contribution in [0.3, 0.4) is 0 Å². The molecule has 0 spiro atoms. The van der Waals surface area contributed by atoms with Gasteiger partial charge in [-0.05, 0) is 18.8 Å². The van der Waals surface area contributed by atoms with Crippen molar-refractivity contribution in [1.29, 1.82) is 0 Å². The maximum absolute atomic E-state index is 10.7. The van der Waals surface area contributed by atoms with E-state index < -0.39 is 16.1 Å². The summed E-state index contributed by atoms with van der Waals surface area (Å²) in [4.78, 5) is 0. The second-order valence-electron chi connectivity index (χ2n) is 4.51. The van der Waals surface area contributed by atoms with Crippen molar-refractivity contribution in [2.45, 2.75) is 18.9 Å². The SMILES string of the molecule is CS(=O)(=O)NCCNCC(O)COCC1CC1. The van der Waals surface area contributed by atoms with E-state index in [9.17, 15) is 13.5 Å². The van der Waals surface area contributed by atoms with Gasteiger partial charge in [-0.2, -0.15) is 0 Å². The summed E-state index contributed by atoms with van der Waals surface area (Å²) < 4.78 is 29.2. The molecule has 0 aromatic heterocycles. The van der Waals surface area contributed by atoms with E-state index in [0.29, 0.717) is 32.2 Å². The smallest absolute Gasteiger partial charge is 0.208 e. The third-order valence-electron chi connectivity index (χ3n) is 2.41. The van der Waals surface area contributed by atoms with Crippen molar-refractivity contribution in [2.75, 3.05) is 39.1 Å². The van der Waals surface area contributed by atoms with Crippen molar-refractivity contribution < 1.29 is 18.3 Å². The highest BCUT2D eigenvalue weighted by Gasteiger charge is 2.21. The van der Waals surface area contributed by atoms with Crippen molar-refractivity contribution in [2.24, 2.45) is 5.92 Å². The number of aliphatic hydroxyl groups is 1. The molecule has 0 heterocycles. The van der Waals surface area contributed by atoms with Crippen LogP contribution < -0.4 is 10.0 Å². The predicted octanol–water partition coefficient (Wildman–Crippen LogP) is -1.09. The molecule has 1 fully saturated rings. The molecule has 1 atom stereocenters. The Morgan fingerprint density at radius 1 is 1.41 bits per heavy atom. The van der Waals surface area contributed by atoms with Gasteiger partial charge in [0.15, 0.2) is 0 Å². The topological polar surface area (TPSA) is 87.7 Å². The maximum Gasteiger partial charge on any atom is 0.208 e. The Morgan fingerprint density at radius 2 is 2.12 bits per heavy atom. The molecule has 7 heteroatoms. The summed E-state index contributed by atoms with van der Waals surface area (Å²) >= 11 is 0. The van der Waals surface area contributed by atoms with Crippen molar-refractivity contribution in [1.82, 2.24) is 10.0 Å². The van der Waals surface area contributed by atoms with Gasteiger partial charge >= 0.3 is 0 Å². The Bertz CT molecular complexity index is 303. The fraction of sp³-hybridized carbons (Fsp3) is 1.00. The number of sulfonamides is 1. The van der Waals surface area contributed by atoms with Crippen LogP contribution in [0.5, 0.6) is 0 Å². The van der Waals surface area contributed by atoms with Crippen LogP contribution in [-0.2, 0) is 14.8 Å². The van der Waals surface area contributed by atoms with Crippen molar-refractivity contribution in [3.8, 4) is 0 Å². The van der Waals surface area contributed by atoms with Crippen LogP contribution >= 0.6 is 0 Å². The molecule has 1 aliphatic rings. The third-order valence-corrected chi connectivity index (χ3v) is 3.14. The van der Waals surface area contributed by atoms with Crippen LogP contribution in [0, 0.1) is 5.92 Å². The minimum absolute atomic E-state index is 0.328. The van der Waals surface area contributed by atoms with Gasteiger partial charge in [0.05, 0.1) is 19.0 Å². The number of nitrogens with one attached hydrogen (secondary N) is 2. The quantitative estimate of drug-likeness (QED) is 0.438. The van der Waals surface area contributed by atoms with Crippen LogP contribution in [0.4, 0.5) is 0 Å². The number of hydrogen-bond donors (Lipinski definition) is 3. The number of ether oxygens (including phenoxy) is 1. The number of rotatable bonds is 10. The zero-order valence-electron chi connectivity index (χ0n) is 10.2. The first-order chi connectivity index (χ1) is 7.97. The zero-order chi connectivity index (χ0) is 12.7. The third kappa shape index (κ3) is 9.49. The van der Waals surface area contributed by atoms with Crippen molar-refractivity contribution in [3.05, 3.63) is 0 Å². The molecule has 0 aromatic carbocycles. The number of hydrogen-bond acceptors (Lipinski definition) is 5. The average Bonchev–Trinajstić information content (AvgIpc) is 2.99. The average molecular weight is 266 g/mol. The highest BCUT2D eigenvalue weighted by Crippen LogP contribution is 2.28. The molecule has 17 heavy (non-hydrogen) atoms. The fourth-order valence-electron chi connectivity index (χ4n) is 1.31. The first-order valence-electron chi connectivity index (χ1n) is 5.88. The van der Waals surface area contributed by atoms with Gasteiger partial charge in [-0.3, -0.25) is 0 Å². The van der Waals surface area contributed by atoms with E-state index in [-0.39, 0.29) is 0 Å². The van der Waals surface area contributed by atoms with Crippen molar-refractivity contribution >= 4 is 10.0 Å². The van der Waals surface area contributed by atoms with Gasteiger partial charge in [0.25, 0.3) is 0 Å². The Hall–Kier alpha value is -0.210. The predicted molar refractivity (Wildman–Crippen MR) is 65.3 cm³/mol. The summed E-state index contributed by atoms with van der Waals surface area (Å²) in [5, 5.41) is 12.5. The normalized spacial score (nSPS) is 18.2. The van der Waals surface area contributed by atoms with Gasteiger partial charge in [0, 0.05) is 26.2 Å².